The van der Waals surface area contributed by atoms with Crippen LogP contribution in [0.1, 0.15) is 16.7 Å². The van der Waals surface area contributed by atoms with E-state index in [1.165, 1.54) is 12.1 Å². The van der Waals surface area contributed by atoms with Crippen LogP contribution in [-0.2, 0) is 0 Å². The minimum atomic E-state index is 0.304. The molecule has 0 aliphatic rings. The summed E-state index contributed by atoms with van der Waals surface area (Å²) in [4.78, 5) is 0. The highest BCUT2D eigenvalue weighted by molar-refractivity contribution is 5.82. The van der Waals surface area contributed by atoms with Gasteiger partial charge in [-0.1, -0.05) is 66.7 Å². The number of nitrogens with zero attached hydrogens (tertiary/aromatic N) is 3. The van der Waals surface area contributed by atoms with Crippen LogP contribution in [-0.4, -0.2) is 0 Å². The van der Waals surface area contributed by atoms with Gasteiger partial charge >= 0.3 is 0 Å². The Morgan fingerprint density at radius 3 is 1.43 bits per heavy atom. The molecule has 0 bridgehead atoms. The van der Waals surface area contributed by atoms with Crippen LogP contribution in [0.25, 0.3) is 33.4 Å². The summed E-state index contributed by atoms with van der Waals surface area (Å²) in [5.41, 5.74) is 6.56. The summed E-state index contributed by atoms with van der Waals surface area (Å²) in [6.07, 6.45) is 0. The second-order valence-electron chi connectivity index (χ2n) is 6.81. The summed E-state index contributed by atoms with van der Waals surface area (Å²) in [7, 11) is 0. The summed E-state index contributed by atoms with van der Waals surface area (Å²) in [5.74, 6) is 0. The van der Waals surface area contributed by atoms with Gasteiger partial charge in [0, 0.05) is 5.56 Å². The molecule has 3 nitrogen and oxygen atoms in total. The van der Waals surface area contributed by atoms with Gasteiger partial charge in [0.05, 0.1) is 34.9 Å². The third-order valence-electron chi connectivity index (χ3n) is 4.96. The fraction of sp³-hybridized carbons (Fsp3) is 0. The first-order valence-electron chi connectivity index (χ1n) is 9.38. The highest BCUT2D eigenvalue weighted by Crippen LogP contribution is 2.33. The van der Waals surface area contributed by atoms with E-state index in [0.29, 0.717) is 22.3 Å². The van der Waals surface area contributed by atoms with Gasteiger partial charge in [-0.25, -0.2) is 0 Å². The highest BCUT2D eigenvalue weighted by atomic mass is 14.3. The first-order valence-corrected chi connectivity index (χ1v) is 9.38. The maximum absolute atomic E-state index is 9.60. The van der Waals surface area contributed by atoms with E-state index in [-0.39, 0.29) is 0 Å². The van der Waals surface area contributed by atoms with Crippen molar-refractivity contribution in [2.24, 2.45) is 0 Å². The van der Waals surface area contributed by atoms with E-state index in [2.05, 4.69) is 36.4 Å². The zero-order valence-electron chi connectivity index (χ0n) is 16.0. The number of benzene rings is 4. The van der Waals surface area contributed by atoms with Gasteiger partial charge in [0.15, 0.2) is 0 Å². The van der Waals surface area contributed by atoms with Crippen molar-refractivity contribution in [1.82, 2.24) is 0 Å². The van der Waals surface area contributed by atoms with Crippen LogP contribution in [0.15, 0.2) is 91.0 Å². The van der Waals surface area contributed by atoms with Gasteiger partial charge in [-0.2, -0.15) is 15.8 Å². The van der Waals surface area contributed by atoms with Crippen molar-refractivity contribution in [3.63, 3.8) is 0 Å². The minimum Gasteiger partial charge on any atom is -0.192 e. The number of hydrogen-bond acceptors (Lipinski definition) is 3. The molecule has 0 unspecified atom stereocenters. The van der Waals surface area contributed by atoms with Crippen LogP contribution >= 0.6 is 0 Å². The first-order chi connectivity index (χ1) is 14.7. The largest absolute Gasteiger partial charge is 0.192 e. The van der Waals surface area contributed by atoms with Crippen LogP contribution in [0.3, 0.4) is 0 Å². The molecule has 0 amide bonds. The Bertz CT molecular complexity index is 1330. The molecule has 0 fully saturated rings. The van der Waals surface area contributed by atoms with Crippen molar-refractivity contribution < 1.29 is 0 Å². The Kier molecular flexibility index (Phi) is 5.08. The number of nitriles is 3. The predicted molar refractivity (Wildman–Crippen MR) is 117 cm³/mol. The molecule has 0 saturated carbocycles. The molecule has 4 aromatic carbocycles. The minimum absolute atomic E-state index is 0.304. The fourth-order valence-corrected chi connectivity index (χ4v) is 3.56. The van der Waals surface area contributed by atoms with Gasteiger partial charge < -0.3 is 0 Å². The highest BCUT2D eigenvalue weighted by Gasteiger charge is 2.14. The molecule has 138 valence electrons. The standard InChI is InChI=1S/C27H15N3/c28-16-19-12-25(17-29)27(26(13-19)18-30)24-11-5-10-23(15-24)22-9-4-8-21(14-22)20-6-2-1-3-7-20/h1-15H. The second-order valence-corrected chi connectivity index (χ2v) is 6.81. The van der Waals surface area contributed by atoms with E-state index in [1.54, 1.807) is 0 Å². The molecule has 0 atom stereocenters. The van der Waals surface area contributed by atoms with Gasteiger partial charge in [-0.3, -0.25) is 0 Å². The van der Waals surface area contributed by atoms with E-state index in [9.17, 15) is 15.8 Å². The summed E-state index contributed by atoms with van der Waals surface area (Å²) in [6.45, 7) is 0. The van der Waals surface area contributed by atoms with E-state index >= 15 is 0 Å². The monoisotopic (exact) mass is 381 g/mol. The second kappa shape index (κ2) is 8.15. The molecule has 0 saturated heterocycles. The van der Waals surface area contributed by atoms with Crippen molar-refractivity contribution in [2.75, 3.05) is 0 Å². The molecule has 0 heterocycles. The Hall–Kier alpha value is -4.65. The molecule has 0 spiro atoms. The quantitative estimate of drug-likeness (QED) is 0.418. The third kappa shape index (κ3) is 3.55. The summed E-state index contributed by atoms with van der Waals surface area (Å²) in [5, 5.41) is 28.4. The first kappa shape index (κ1) is 18.7. The van der Waals surface area contributed by atoms with Gasteiger partial charge in [0.2, 0.25) is 0 Å². The van der Waals surface area contributed by atoms with Crippen LogP contribution < -0.4 is 0 Å². The van der Waals surface area contributed by atoms with Gasteiger partial charge in [-0.15, -0.1) is 0 Å². The average Bonchev–Trinajstić information content (AvgIpc) is 2.83. The van der Waals surface area contributed by atoms with Gasteiger partial charge in [0.25, 0.3) is 0 Å². The van der Waals surface area contributed by atoms with Gasteiger partial charge in [-0.05, 0) is 52.1 Å². The number of hydrogen-bond donors (Lipinski definition) is 0. The Labute approximate surface area is 175 Å². The summed E-state index contributed by atoms with van der Waals surface area (Å²) in [6, 6.07) is 35.6. The van der Waals surface area contributed by atoms with Crippen molar-refractivity contribution in [2.45, 2.75) is 0 Å². The smallest absolute Gasteiger partial charge is 0.0999 e. The molecular formula is C27H15N3. The Morgan fingerprint density at radius 2 is 0.900 bits per heavy atom. The molecule has 0 aliphatic carbocycles. The Morgan fingerprint density at radius 1 is 0.433 bits per heavy atom. The lowest BCUT2D eigenvalue weighted by atomic mass is 9.91. The maximum Gasteiger partial charge on any atom is 0.0999 e. The SMILES string of the molecule is N#Cc1cc(C#N)c(-c2cccc(-c3cccc(-c4ccccc4)c3)c2)c(C#N)c1. The van der Waals surface area contributed by atoms with Crippen molar-refractivity contribution in [1.29, 1.82) is 15.8 Å². The summed E-state index contributed by atoms with van der Waals surface area (Å²) < 4.78 is 0. The van der Waals surface area contributed by atoms with E-state index in [4.69, 9.17) is 0 Å². The van der Waals surface area contributed by atoms with Crippen molar-refractivity contribution in [3.05, 3.63) is 108 Å². The molecule has 30 heavy (non-hydrogen) atoms. The Balaban J connectivity index is 1.84. The molecular weight excluding hydrogens is 366 g/mol. The van der Waals surface area contributed by atoms with Crippen LogP contribution in [0.5, 0.6) is 0 Å². The molecule has 0 N–H and O–H groups in total. The predicted octanol–water partition coefficient (Wildman–Crippen LogP) is 6.30. The molecule has 3 heteroatoms. The third-order valence-corrected chi connectivity index (χ3v) is 4.96. The van der Waals surface area contributed by atoms with Crippen molar-refractivity contribution >= 4 is 0 Å². The molecule has 4 aromatic rings. The van der Waals surface area contributed by atoms with E-state index < -0.39 is 0 Å². The fourth-order valence-electron chi connectivity index (χ4n) is 3.56. The maximum atomic E-state index is 9.60. The molecule has 4 rings (SSSR count). The zero-order valence-corrected chi connectivity index (χ0v) is 16.0. The lowest BCUT2D eigenvalue weighted by molar-refractivity contribution is 1.41. The molecule has 0 aliphatic heterocycles. The van der Waals surface area contributed by atoms with Crippen LogP contribution in [0.4, 0.5) is 0 Å². The number of rotatable bonds is 3. The van der Waals surface area contributed by atoms with E-state index in [0.717, 1.165) is 27.8 Å². The van der Waals surface area contributed by atoms with E-state index in [1.807, 2.05) is 60.7 Å². The molecule has 0 aromatic heterocycles. The lowest BCUT2D eigenvalue weighted by Gasteiger charge is -2.11. The molecule has 0 radical (unpaired) electrons. The normalized spacial score (nSPS) is 9.90. The van der Waals surface area contributed by atoms with Crippen LogP contribution in [0, 0.1) is 34.0 Å². The topological polar surface area (TPSA) is 71.4 Å². The van der Waals surface area contributed by atoms with Crippen LogP contribution in [0.2, 0.25) is 0 Å². The summed E-state index contributed by atoms with van der Waals surface area (Å²) >= 11 is 0. The lowest BCUT2D eigenvalue weighted by Crippen LogP contribution is -1.93. The van der Waals surface area contributed by atoms with Crippen molar-refractivity contribution in [3.8, 4) is 51.6 Å². The van der Waals surface area contributed by atoms with Gasteiger partial charge in [0.1, 0.15) is 0 Å². The average molecular weight is 381 g/mol. The zero-order chi connectivity index (χ0) is 20.9.